The van der Waals surface area contributed by atoms with Crippen LogP contribution in [0.15, 0.2) is 36.4 Å². The van der Waals surface area contributed by atoms with E-state index in [0.29, 0.717) is 12.5 Å². The van der Waals surface area contributed by atoms with Gasteiger partial charge in [-0.2, -0.15) is 0 Å². The predicted octanol–water partition coefficient (Wildman–Crippen LogP) is 4.36. The third kappa shape index (κ3) is 4.13. The molecule has 0 amide bonds. The maximum atomic E-state index is 5.80. The van der Waals surface area contributed by atoms with Crippen molar-refractivity contribution in [2.45, 2.75) is 33.2 Å². The molecule has 1 aliphatic rings. The molecule has 1 atom stereocenters. The van der Waals surface area contributed by atoms with Gasteiger partial charge in [-0.3, -0.25) is 0 Å². The van der Waals surface area contributed by atoms with Gasteiger partial charge < -0.3 is 19.5 Å². The van der Waals surface area contributed by atoms with Crippen molar-refractivity contribution >= 4 is 0 Å². The Hall–Kier alpha value is -2.20. The summed E-state index contributed by atoms with van der Waals surface area (Å²) in [4.78, 5) is 0. The van der Waals surface area contributed by atoms with E-state index in [1.54, 1.807) is 7.11 Å². The van der Waals surface area contributed by atoms with E-state index < -0.39 is 0 Å². The first-order chi connectivity index (χ1) is 12.6. The Labute approximate surface area is 156 Å². The standard InChI is InChI=1S/C22H29NO3/c1-5-25-21-13-19-17(12-20(21)24-4)10-11-23-22(19)16-6-8-18(9-7-16)26-14-15(2)3/h6-9,12-13,15,22-23H,5,10-11,14H2,1-4H3. The van der Waals surface area contributed by atoms with Crippen LogP contribution in [-0.4, -0.2) is 26.9 Å². The van der Waals surface area contributed by atoms with Gasteiger partial charge in [0, 0.05) is 6.54 Å². The van der Waals surface area contributed by atoms with Crippen molar-refractivity contribution in [3.05, 3.63) is 53.1 Å². The van der Waals surface area contributed by atoms with Crippen LogP contribution in [0.1, 0.15) is 43.5 Å². The zero-order valence-corrected chi connectivity index (χ0v) is 16.2. The largest absolute Gasteiger partial charge is 0.493 e. The van der Waals surface area contributed by atoms with Crippen LogP contribution in [0, 0.1) is 5.92 Å². The highest BCUT2D eigenvalue weighted by Crippen LogP contribution is 2.37. The average molecular weight is 355 g/mol. The second-order valence-corrected chi connectivity index (χ2v) is 7.05. The highest BCUT2D eigenvalue weighted by Gasteiger charge is 2.24. The van der Waals surface area contributed by atoms with Gasteiger partial charge in [0.05, 0.1) is 26.4 Å². The first-order valence-electron chi connectivity index (χ1n) is 9.42. The minimum Gasteiger partial charge on any atom is -0.493 e. The molecule has 2 aromatic rings. The number of benzene rings is 2. The molecule has 0 aromatic heterocycles. The summed E-state index contributed by atoms with van der Waals surface area (Å²) < 4.78 is 17.1. The van der Waals surface area contributed by atoms with Crippen LogP contribution < -0.4 is 19.5 Å². The van der Waals surface area contributed by atoms with Crippen molar-refractivity contribution < 1.29 is 14.2 Å². The van der Waals surface area contributed by atoms with E-state index >= 15 is 0 Å². The van der Waals surface area contributed by atoms with Gasteiger partial charge in [-0.05, 0) is 60.2 Å². The fourth-order valence-corrected chi connectivity index (χ4v) is 3.31. The molecule has 0 saturated carbocycles. The van der Waals surface area contributed by atoms with Crippen molar-refractivity contribution in [2.75, 3.05) is 26.9 Å². The van der Waals surface area contributed by atoms with Crippen LogP contribution in [0.4, 0.5) is 0 Å². The molecule has 0 spiro atoms. The number of fused-ring (bicyclic) bond motifs is 1. The van der Waals surface area contributed by atoms with Gasteiger partial charge in [0.2, 0.25) is 0 Å². The number of hydrogen-bond donors (Lipinski definition) is 1. The minimum absolute atomic E-state index is 0.156. The van der Waals surface area contributed by atoms with Gasteiger partial charge in [0.25, 0.3) is 0 Å². The lowest BCUT2D eigenvalue weighted by Gasteiger charge is -2.29. The summed E-state index contributed by atoms with van der Waals surface area (Å²) in [6, 6.07) is 12.8. The first-order valence-corrected chi connectivity index (χ1v) is 9.42. The summed E-state index contributed by atoms with van der Waals surface area (Å²) in [7, 11) is 1.69. The lowest BCUT2D eigenvalue weighted by Crippen LogP contribution is -2.30. The van der Waals surface area contributed by atoms with Crippen molar-refractivity contribution in [3.63, 3.8) is 0 Å². The van der Waals surface area contributed by atoms with Crippen LogP contribution >= 0.6 is 0 Å². The SMILES string of the molecule is CCOc1cc2c(cc1OC)CCNC2c1ccc(OCC(C)C)cc1. The summed E-state index contributed by atoms with van der Waals surface area (Å²) in [6.07, 6.45) is 0.990. The normalized spacial score (nSPS) is 16.3. The molecule has 2 aromatic carbocycles. The van der Waals surface area contributed by atoms with E-state index in [1.807, 2.05) is 6.92 Å². The Morgan fingerprint density at radius 3 is 2.50 bits per heavy atom. The van der Waals surface area contributed by atoms with Crippen LogP contribution in [0.5, 0.6) is 17.2 Å². The smallest absolute Gasteiger partial charge is 0.161 e. The van der Waals surface area contributed by atoms with Gasteiger partial charge in [-0.25, -0.2) is 0 Å². The molecule has 3 rings (SSSR count). The predicted molar refractivity (Wildman–Crippen MR) is 104 cm³/mol. The second kappa shape index (κ2) is 8.45. The number of methoxy groups -OCH3 is 1. The highest BCUT2D eigenvalue weighted by atomic mass is 16.5. The molecule has 26 heavy (non-hydrogen) atoms. The molecule has 0 bridgehead atoms. The summed E-state index contributed by atoms with van der Waals surface area (Å²) >= 11 is 0. The van der Waals surface area contributed by atoms with Gasteiger partial charge in [0.1, 0.15) is 5.75 Å². The maximum Gasteiger partial charge on any atom is 0.161 e. The average Bonchev–Trinajstić information content (AvgIpc) is 2.66. The number of ether oxygens (including phenoxy) is 3. The molecule has 1 unspecified atom stereocenters. The number of nitrogens with one attached hydrogen (secondary N) is 1. The van der Waals surface area contributed by atoms with Gasteiger partial charge in [-0.15, -0.1) is 0 Å². The van der Waals surface area contributed by atoms with Gasteiger partial charge >= 0.3 is 0 Å². The molecule has 1 heterocycles. The van der Waals surface area contributed by atoms with E-state index in [0.717, 1.165) is 36.8 Å². The molecule has 1 aliphatic heterocycles. The van der Waals surface area contributed by atoms with E-state index in [-0.39, 0.29) is 6.04 Å². The van der Waals surface area contributed by atoms with Crippen LogP contribution in [0.2, 0.25) is 0 Å². The molecule has 0 aliphatic carbocycles. The van der Waals surface area contributed by atoms with Crippen molar-refractivity contribution in [1.82, 2.24) is 5.32 Å². The van der Waals surface area contributed by atoms with E-state index in [9.17, 15) is 0 Å². The Morgan fingerprint density at radius 2 is 1.85 bits per heavy atom. The Morgan fingerprint density at radius 1 is 1.08 bits per heavy atom. The summed E-state index contributed by atoms with van der Waals surface area (Å²) in [5.74, 6) is 3.06. The van der Waals surface area contributed by atoms with Gasteiger partial charge in [0.15, 0.2) is 11.5 Å². The third-order valence-electron chi connectivity index (χ3n) is 4.58. The fourth-order valence-electron chi connectivity index (χ4n) is 3.31. The number of hydrogen-bond acceptors (Lipinski definition) is 4. The molecule has 0 saturated heterocycles. The molecule has 140 valence electrons. The van der Waals surface area contributed by atoms with Crippen LogP contribution in [-0.2, 0) is 6.42 Å². The minimum atomic E-state index is 0.156. The highest BCUT2D eigenvalue weighted by molar-refractivity contribution is 5.51. The Balaban J connectivity index is 1.87. The summed E-state index contributed by atoms with van der Waals surface area (Å²) in [6.45, 7) is 8.60. The molecular weight excluding hydrogens is 326 g/mol. The molecule has 1 N–H and O–H groups in total. The van der Waals surface area contributed by atoms with E-state index in [4.69, 9.17) is 14.2 Å². The lowest BCUT2D eigenvalue weighted by molar-refractivity contribution is 0.271. The summed E-state index contributed by atoms with van der Waals surface area (Å²) in [5, 5.41) is 3.63. The Bertz CT molecular complexity index is 725. The van der Waals surface area contributed by atoms with Crippen LogP contribution in [0.25, 0.3) is 0 Å². The summed E-state index contributed by atoms with van der Waals surface area (Å²) in [5.41, 5.74) is 3.81. The molecular formula is C22H29NO3. The molecule has 0 radical (unpaired) electrons. The zero-order chi connectivity index (χ0) is 18.5. The zero-order valence-electron chi connectivity index (χ0n) is 16.2. The van der Waals surface area contributed by atoms with E-state index in [1.165, 1.54) is 16.7 Å². The monoisotopic (exact) mass is 355 g/mol. The van der Waals surface area contributed by atoms with Crippen LogP contribution in [0.3, 0.4) is 0 Å². The lowest BCUT2D eigenvalue weighted by atomic mass is 9.89. The topological polar surface area (TPSA) is 39.7 Å². The van der Waals surface area contributed by atoms with Crippen molar-refractivity contribution in [2.24, 2.45) is 5.92 Å². The van der Waals surface area contributed by atoms with Crippen molar-refractivity contribution in [3.8, 4) is 17.2 Å². The van der Waals surface area contributed by atoms with E-state index in [2.05, 4.69) is 55.6 Å². The quantitative estimate of drug-likeness (QED) is 0.801. The van der Waals surface area contributed by atoms with Crippen molar-refractivity contribution in [1.29, 1.82) is 0 Å². The molecule has 4 nitrogen and oxygen atoms in total. The Kier molecular flexibility index (Phi) is 6.04. The molecule has 0 fully saturated rings. The maximum absolute atomic E-state index is 5.80. The number of rotatable bonds is 7. The first kappa shape index (κ1) is 18.6. The third-order valence-corrected chi connectivity index (χ3v) is 4.58. The molecule has 4 heteroatoms. The fraction of sp³-hybridized carbons (Fsp3) is 0.455. The second-order valence-electron chi connectivity index (χ2n) is 7.05. The van der Waals surface area contributed by atoms with Gasteiger partial charge in [-0.1, -0.05) is 26.0 Å².